The van der Waals surface area contributed by atoms with Crippen LogP contribution >= 0.6 is 23.2 Å². The molecule has 2 aromatic rings. The van der Waals surface area contributed by atoms with Gasteiger partial charge < -0.3 is 9.47 Å². The van der Waals surface area contributed by atoms with Crippen LogP contribution in [0.3, 0.4) is 0 Å². The Morgan fingerprint density at radius 2 is 1.05 bits per heavy atom. The number of methoxy groups -OCH3 is 2. The van der Waals surface area contributed by atoms with Crippen LogP contribution in [0.1, 0.15) is 23.0 Å². The van der Waals surface area contributed by atoms with Crippen molar-refractivity contribution in [3.63, 3.8) is 0 Å². The van der Waals surface area contributed by atoms with Gasteiger partial charge in [0, 0.05) is 11.8 Å². The second kappa shape index (κ2) is 5.43. The zero-order valence-electron chi connectivity index (χ0n) is 11.8. The molecule has 4 heteroatoms. The van der Waals surface area contributed by atoms with Gasteiger partial charge in [0.15, 0.2) is 0 Å². The van der Waals surface area contributed by atoms with Crippen LogP contribution in [0.15, 0.2) is 48.5 Å². The number of halogens is 2. The molecule has 2 atom stereocenters. The molecule has 0 bridgehead atoms. The highest BCUT2D eigenvalue weighted by molar-refractivity contribution is 6.52. The molecule has 2 nitrogen and oxygen atoms in total. The highest BCUT2D eigenvalue weighted by Gasteiger charge is 2.64. The van der Waals surface area contributed by atoms with Gasteiger partial charge in [0.05, 0.1) is 14.2 Å². The molecule has 0 saturated heterocycles. The molecule has 0 aliphatic heterocycles. The van der Waals surface area contributed by atoms with Crippen LogP contribution in [0.25, 0.3) is 0 Å². The van der Waals surface area contributed by atoms with Crippen LogP contribution in [-0.2, 0) is 0 Å². The van der Waals surface area contributed by atoms with E-state index in [1.807, 2.05) is 48.5 Å². The van der Waals surface area contributed by atoms with Crippen molar-refractivity contribution < 1.29 is 9.47 Å². The lowest BCUT2D eigenvalue weighted by Gasteiger charge is -2.04. The topological polar surface area (TPSA) is 18.5 Å². The third-order valence-electron chi connectivity index (χ3n) is 4.00. The van der Waals surface area contributed by atoms with E-state index in [0.717, 1.165) is 22.6 Å². The largest absolute Gasteiger partial charge is 0.497 e. The summed E-state index contributed by atoms with van der Waals surface area (Å²) in [5, 5.41) is 0. The lowest BCUT2D eigenvalue weighted by molar-refractivity contribution is 0.414. The third kappa shape index (κ3) is 2.58. The molecule has 1 saturated carbocycles. The van der Waals surface area contributed by atoms with Crippen LogP contribution in [0.2, 0.25) is 0 Å². The predicted octanol–water partition coefficient (Wildman–Crippen LogP) is 4.76. The minimum absolute atomic E-state index is 0.0973. The van der Waals surface area contributed by atoms with Crippen LogP contribution < -0.4 is 9.47 Å². The standard InChI is InChI=1S/C17H16Cl2O2/c1-20-13-7-3-11(4-8-13)15-16(17(15,18)19)12-5-9-14(21-2)10-6-12/h3-10,15-16H,1-2H3/t15-,16+. The highest BCUT2D eigenvalue weighted by atomic mass is 35.5. The Hall–Kier alpha value is -1.38. The SMILES string of the molecule is COc1ccc([C@@H]2[C@H](c3ccc(OC)cc3)C2(Cl)Cl)cc1. The van der Waals surface area contributed by atoms with Crippen molar-refractivity contribution in [2.75, 3.05) is 14.2 Å². The maximum atomic E-state index is 6.49. The minimum Gasteiger partial charge on any atom is -0.497 e. The second-order valence-electron chi connectivity index (χ2n) is 5.18. The molecule has 1 aliphatic rings. The number of hydrogen-bond acceptors (Lipinski definition) is 2. The van der Waals surface area contributed by atoms with Crippen molar-refractivity contribution in [2.24, 2.45) is 0 Å². The third-order valence-corrected chi connectivity index (χ3v) is 4.94. The molecule has 1 aliphatic carbocycles. The molecule has 1 fully saturated rings. The zero-order chi connectivity index (χ0) is 15.0. The maximum absolute atomic E-state index is 6.49. The normalized spacial score (nSPS) is 22.7. The lowest BCUT2D eigenvalue weighted by atomic mass is 10.0. The van der Waals surface area contributed by atoms with Gasteiger partial charge in [-0.3, -0.25) is 0 Å². The van der Waals surface area contributed by atoms with Crippen LogP contribution in [0.4, 0.5) is 0 Å². The predicted molar refractivity (Wildman–Crippen MR) is 85.9 cm³/mol. The number of ether oxygens (including phenoxy) is 2. The molecule has 0 radical (unpaired) electrons. The number of hydrogen-bond donors (Lipinski definition) is 0. The molecule has 0 N–H and O–H groups in total. The van der Waals surface area contributed by atoms with Crippen molar-refractivity contribution in [1.29, 1.82) is 0 Å². The zero-order valence-corrected chi connectivity index (χ0v) is 13.4. The van der Waals surface area contributed by atoms with E-state index in [-0.39, 0.29) is 11.8 Å². The molecule has 0 heterocycles. The van der Waals surface area contributed by atoms with Crippen molar-refractivity contribution in [3.05, 3.63) is 59.7 Å². The summed E-state index contributed by atoms with van der Waals surface area (Å²) in [6.07, 6.45) is 0. The van der Waals surface area contributed by atoms with E-state index in [4.69, 9.17) is 32.7 Å². The van der Waals surface area contributed by atoms with E-state index < -0.39 is 4.33 Å². The summed E-state index contributed by atoms with van der Waals surface area (Å²) in [4.78, 5) is 0. The average Bonchev–Trinajstić information content (AvgIpc) is 3.10. The molecular formula is C17H16Cl2O2. The highest BCUT2D eigenvalue weighted by Crippen LogP contribution is 2.70. The fourth-order valence-electron chi connectivity index (χ4n) is 2.78. The average molecular weight is 323 g/mol. The van der Waals surface area contributed by atoms with Gasteiger partial charge in [-0.1, -0.05) is 24.3 Å². The Morgan fingerprint density at radius 3 is 1.33 bits per heavy atom. The molecule has 110 valence electrons. The summed E-state index contributed by atoms with van der Waals surface area (Å²) < 4.78 is 9.60. The molecule has 0 spiro atoms. The van der Waals surface area contributed by atoms with Gasteiger partial charge in [0.2, 0.25) is 0 Å². The van der Waals surface area contributed by atoms with Gasteiger partial charge in [-0.25, -0.2) is 0 Å². The smallest absolute Gasteiger partial charge is 0.133 e. The van der Waals surface area contributed by atoms with E-state index in [1.54, 1.807) is 14.2 Å². The second-order valence-corrected chi connectivity index (χ2v) is 6.62. The van der Waals surface area contributed by atoms with Crippen LogP contribution in [-0.4, -0.2) is 18.6 Å². The molecule has 0 unspecified atom stereocenters. The van der Waals surface area contributed by atoms with Gasteiger partial charge in [-0.2, -0.15) is 0 Å². The van der Waals surface area contributed by atoms with Crippen LogP contribution in [0, 0.1) is 0 Å². The molecular weight excluding hydrogens is 307 g/mol. The summed E-state index contributed by atoms with van der Waals surface area (Å²) in [7, 11) is 3.30. The maximum Gasteiger partial charge on any atom is 0.133 e. The van der Waals surface area contributed by atoms with E-state index in [0.29, 0.717) is 0 Å². The van der Waals surface area contributed by atoms with Crippen molar-refractivity contribution in [2.45, 2.75) is 16.2 Å². The van der Waals surface area contributed by atoms with Gasteiger partial charge in [-0.15, -0.1) is 23.2 Å². The summed E-state index contributed by atoms with van der Waals surface area (Å²) in [6.45, 7) is 0. The van der Waals surface area contributed by atoms with E-state index in [9.17, 15) is 0 Å². The first-order valence-electron chi connectivity index (χ1n) is 6.73. The lowest BCUT2D eigenvalue weighted by Crippen LogP contribution is -1.91. The van der Waals surface area contributed by atoms with Crippen LogP contribution in [0.5, 0.6) is 11.5 Å². The summed E-state index contributed by atoms with van der Waals surface area (Å²) in [5.41, 5.74) is 2.25. The Bertz CT molecular complexity index is 565. The fraction of sp³-hybridized carbons (Fsp3) is 0.294. The Kier molecular flexibility index (Phi) is 3.76. The summed E-state index contributed by atoms with van der Waals surface area (Å²) >= 11 is 13.0. The first-order chi connectivity index (χ1) is 10.1. The first-order valence-corrected chi connectivity index (χ1v) is 7.49. The van der Waals surface area contributed by atoms with E-state index in [2.05, 4.69) is 0 Å². The fourth-order valence-corrected chi connectivity index (χ4v) is 3.66. The Balaban J connectivity index is 1.85. The molecule has 21 heavy (non-hydrogen) atoms. The summed E-state index contributed by atoms with van der Waals surface area (Å²) in [6, 6.07) is 15.8. The summed E-state index contributed by atoms with van der Waals surface area (Å²) in [5.74, 6) is 1.85. The van der Waals surface area contributed by atoms with Gasteiger partial charge in [0.25, 0.3) is 0 Å². The monoisotopic (exact) mass is 322 g/mol. The number of benzene rings is 2. The van der Waals surface area contributed by atoms with E-state index in [1.165, 1.54) is 0 Å². The Morgan fingerprint density at radius 1 is 0.714 bits per heavy atom. The molecule has 3 rings (SSSR count). The van der Waals surface area contributed by atoms with Gasteiger partial charge >= 0.3 is 0 Å². The quantitative estimate of drug-likeness (QED) is 0.755. The molecule has 0 amide bonds. The van der Waals surface area contributed by atoms with Gasteiger partial charge in [-0.05, 0) is 35.4 Å². The van der Waals surface area contributed by atoms with Crippen molar-refractivity contribution in [3.8, 4) is 11.5 Å². The number of alkyl halides is 2. The molecule has 2 aromatic carbocycles. The van der Waals surface area contributed by atoms with Crippen molar-refractivity contribution >= 4 is 23.2 Å². The van der Waals surface area contributed by atoms with Crippen molar-refractivity contribution in [1.82, 2.24) is 0 Å². The molecule has 0 aromatic heterocycles. The van der Waals surface area contributed by atoms with Gasteiger partial charge in [0.1, 0.15) is 15.8 Å². The minimum atomic E-state index is -0.761. The first kappa shape index (κ1) is 14.6. The van der Waals surface area contributed by atoms with E-state index >= 15 is 0 Å². The number of rotatable bonds is 4. The Labute approximate surface area is 134 Å².